The number of aryl methyl sites for hydroxylation is 2. The maximum Gasteiger partial charge on any atom is 0.573 e. The molecule has 0 aliphatic heterocycles. The third-order valence-corrected chi connectivity index (χ3v) is 12.0. The molecule has 2 N–H and O–H groups in total. The van der Waals surface area contributed by atoms with Crippen molar-refractivity contribution < 1.29 is 50.1 Å². The van der Waals surface area contributed by atoms with Gasteiger partial charge in [0.15, 0.2) is 16.9 Å². The molecule has 0 saturated carbocycles. The number of ether oxygens (including phenoxy) is 5. The third kappa shape index (κ3) is 8.20. The summed E-state index contributed by atoms with van der Waals surface area (Å²) >= 11 is 0. The fourth-order valence-electron chi connectivity index (χ4n) is 7.05. The van der Waals surface area contributed by atoms with E-state index in [1.54, 1.807) is 56.7 Å². The number of nitrogens with one attached hydrogen (secondary N) is 2. The average Bonchev–Trinajstić information content (AvgIpc) is 3.81. The van der Waals surface area contributed by atoms with Crippen LogP contribution in [0.1, 0.15) is 22.1 Å². The molecule has 3 heterocycles. The standard InChI is InChI=1S/C43H40F3N5O8S/c1-25-7-15-30(16-8-25)60(53,54)41(31-17-18-47-40-33(31)20-35(49-40)34-24-50(2)36-22-39(58-6)38(57-5)21-32(34)36)51(23-26-9-12-29(55-3)19-37(26)56-4)42(52)48-27-10-13-28(14-11-27)59-43(44,45)46/h7-22,24,41H,23H2,1-6H3,(H,47,49)(H,48,52). The van der Waals surface area contributed by atoms with Gasteiger partial charge in [0, 0.05) is 70.4 Å². The molecule has 0 aliphatic carbocycles. The SMILES string of the molecule is COc1ccc(CN(C(=O)Nc2ccc(OC(F)(F)F)cc2)C(c2ccnc3[nH]c(-c4cn(C)c5cc(OC)c(OC)cc45)cc23)S(=O)(=O)c2ccc(C)cc2)c(OC)c1. The minimum absolute atomic E-state index is 0.0675. The van der Waals surface area contributed by atoms with Gasteiger partial charge in [0.1, 0.15) is 22.9 Å². The van der Waals surface area contributed by atoms with Crippen molar-refractivity contribution in [2.45, 2.75) is 30.1 Å². The number of hydrogen-bond acceptors (Lipinski definition) is 9. The van der Waals surface area contributed by atoms with E-state index >= 15 is 8.42 Å². The Bertz CT molecular complexity index is 2810. The van der Waals surface area contributed by atoms with E-state index in [9.17, 15) is 18.0 Å². The van der Waals surface area contributed by atoms with Gasteiger partial charge in [0.25, 0.3) is 0 Å². The van der Waals surface area contributed by atoms with Gasteiger partial charge in [0.2, 0.25) is 9.84 Å². The summed E-state index contributed by atoms with van der Waals surface area (Å²) in [7, 11) is 3.39. The van der Waals surface area contributed by atoms with Gasteiger partial charge in [-0.25, -0.2) is 18.2 Å². The van der Waals surface area contributed by atoms with Gasteiger partial charge in [0.05, 0.1) is 45.4 Å². The summed E-state index contributed by atoms with van der Waals surface area (Å²) in [6, 6.07) is 21.8. The minimum Gasteiger partial charge on any atom is -0.497 e. The predicted molar refractivity (Wildman–Crippen MR) is 219 cm³/mol. The van der Waals surface area contributed by atoms with Gasteiger partial charge >= 0.3 is 12.4 Å². The van der Waals surface area contributed by atoms with Crippen LogP contribution in [0.3, 0.4) is 0 Å². The Kier molecular flexibility index (Phi) is 11.3. The molecule has 2 amide bonds. The van der Waals surface area contributed by atoms with Gasteiger partial charge in [-0.05, 0) is 73.7 Å². The average molecular weight is 844 g/mol. The number of urea groups is 1. The number of alkyl halides is 3. The summed E-state index contributed by atoms with van der Waals surface area (Å²) in [5.41, 5.74) is 4.04. The lowest BCUT2D eigenvalue weighted by molar-refractivity contribution is -0.274. The molecule has 0 fully saturated rings. The topological polar surface area (TPSA) is 146 Å². The van der Waals surface area contributed by atoms with E-state index in [0.717, 1.165) is 39.1 Å². The highest BCUT2D eigenvalue weighted by molar-refractivity contribution is 7.91. The Morgan fingerprint density at radius 3 is 2.15 bits per heavy atom. The summed E-state index contributed by atoms with van der Waals surface area (Å²) in [6.07, 6.45) is -1.57. The maximum atomic E-state index is 15.2. The molecule has 7 rings (SSSR count). The monoisotopic (exact) mass is 843 g/mol. The first-order valence-corrected chi connectivity index (χ1v) is 19.8. The zero-order valence-corrected chi connectivity index (χ0v) is 34.1. The zero-order chi connectivity index (χ0) is 42.9. The van der Waals surface area contributed by atoms with Crippen molar-refractivity contribution in [3.05, 3.63) is 120 Å². The van der Waals surface area contributed by atoms with Gasteiger partial charge in [-0.2, -0.15) is 0 Å². The molecular formula is C43H40F3N5O8S. The van der Waals surface area contributed by atoms with Crippen LogP contribution in [-0.2, 0) is 23.4 Å². The zero-order valence-electron chi connectivity index (χ0n) is 33.2. The van der Waals surface area contributed by atoms with Crippen LogP contribution in [0.5, 0.6) is 28.7 Å². The Labute approximate surface area is 343 Å². The van der Waals surface area contributed by atoms with Crippen LogP contribution in [0.15, 0.2) is 108 Å². The predicted octanol–water partition coefficient (Wildman–Crippen LogP) is 9.17. The smallest absolute Gasteiger partial charge is 0.497 e. The molecule has 0 radical (unpaired) electrons. The van der Waals surface area contributed by atoms with Crippen LogP contribution in [0.4, 0.5) is 23.7 Å². The van der Waals surface area contributed by atoms with Crippen molar-refractivity contribution in [2.75, 3.05) is 33.8 Å². The normalized spacial score (nSPS) is 12.3. The van der Waals surface area contributed by atoms with E-state index in [-0.39, 0.29) is 22.7 Å². The molecule has 1 atom stereocenters. The van der Waals surface area contributed by atoms with Gasteiger partial charge in [-0.3, -0.25) is 4.90 Å². The van der Waals surface area contributed by atoms with E-state index < -0.39 is 33.4 Å². The number of aromatic nitrogens is 3. The lowest BCUT2D eigenvalue weighted by Gasteiger charge is -2.33. The van der Waals surface area contributed by atoms with E-state index in [2.05, 4.69) is 20.0 Å². The van der Waals surface area contributed by atoms with Crippen molar-refractivity contribution >= 4 is 43.5 Å². The second-order valence-electron chi connectivity index (χ2n) is 13.7. The number of amides is 2. The number of carbonyl (C=O) groups is 1. The fraction of sp³-hybridized carbons (Fsp3) is 0.209. The fourth-order valence-corrected chi connectivity index (χ4v) is 8.87. The van der Waals surface area contributed by atoms with Crippen LogP contribution < -0.4 is 29.0 Å². The number of hydrogen-bond donors (Lipinski definition) is 2. The summed E-state index contributed by atoms with van der Waals surface area (Å²) in [4.78, 5) is 23.7. The van der Waals surface area contributed by atoms with Crippen molar-refractivity contribution in [1.29, 1.82) is 0 Å². The molecule has 0 spiro atoms. The molecule has 0 aliphatic rings. The van der Waals surface area contributed by atoms with Crippen molar-refractivity contribution in [1.82, 2.24) is 19.4 Å². The molecule has 1 unspecified atom stereocenters. The highest BCUT2D eigenvalue weighted by Gasteiger charge is 2.40. The summed E-state index contributed by atoms with van der Waals surface area (Å²) < 4.78 is 97.4. The van der Waals surface area contributed by atoms with Crippen LogP contribution in [0.25, 0.3) is 33.2 Å². The molecular weight excluding hydrogens is 804 g/mol. The highest BCUT2D eigenvalue weighted by Crippen LogP contribution is 2.42. The van der Waals surface area contributed by atoms with E-state index in [0.29, 0.717) is 45.3 Å². The number of methoxy groups -OCH3 is 4. The quantitative estimate of drug-likeness (QED) is 0.116. The third-order valence-electron chi connectivity index (χ3n) is 9.98. The maximum absolute atomic E-state index is 15.2. The number of pyridine rings is 1. The number of H-pyrrole nitrogens is 1. The largest absolute Gasteiger partial charge is 0.573 e. The first kappa shape index (κ1) is 41.3. The summed E-state index contributed by atoms with van der Waals surface area (Å²) in [5.74, 6) is 1.30. The van der Waals surface area contributed by atoms with Crippen LogP contribution in [0.2, 0.25) is 0 Å². The molecule has 3 aromatic heterocycles. The number of sulfone groups is 1. The first-order valence-electron chi connectivity index (χ1n) is 18.3. The summed E-state index contributed by atoms with van der Waals surface area (Å²) in [5, 5.41) is 2.19. The van der Waals surface area contributed by atoms with E-state index in [1.165, 1.54) is 44.7 Å². The number of carbonyl (C=O) groups excluding carboxylic acids is 1. The molecule has 0 saturated heterocycles. The molecule has 13 nitrogen and oxygen atoms in total. The molecule has 60 heavy (non-hydrogen) atoms. The molecule has 7 aromatic rings. The van der Waals surface area contributed by atoms with E-state index in [1.807, 2.05) is 36.9 Å². The number of nitrogens with zero attached hydrogens (tertiary/aromatic N) is 3. The van der Waals surface area contributed by atoms with Crippen molar-refractivity contribution in [3.8, 4) is 40.0 Å². The Morgan fingerprint density at radius 2 is 1.50 bits per heavy atom. The van der Waals surface area contributed by atoms with Gasteiger partial charge in [-0.15, -0.1) is 13.2 Å². The molecule has 17 heteroatoms. The van der Waals surface area contributed by atoms with Crippen LogP contribution >= 0.6 is 0 Å². The lowest BCUT2D eigenvalue weighted by atomic mass is 10.1. The van der Waals surface area contributed by atoms with Crippen LogP contribution in [-0.4, -0.2) is 68.7 Å². The number of halogens is 3. The number of anilines is 1. The number of fused-ring (bicyclic) bond motifs is 2. The number of benzene rings is 4. The number of aromatic amines is 1. The van der Waals surface area contributed by atoms with E-state index in [4.69, 9.17) is 18.9 Å². The summed E-state index contributed by atoms with van der Waals surface area (Å²) in [6.45, 7) is 1.50. The number of rotatable bonds is 13. The first-order chi connectivity index (χ1) is 28.6. The highest BCUT2D eigenvalue weighted by atomic mass is 32.2. The molecule has 4 aromatic carbocycles. The molecule has 0 bridgehead atoms. The Balaban J connectivity index is 1.43. The van der Waals surface area contributed by atoms with Gasteiger partial charge < -0.3 is 38.6 Å². The van der Waals surface area contributed by atoms with Crippen LogP contribution in [0, 0.1) is 6.92 Å². The molecule has 312 valence electrons. The Morgan fingerprint density at radius 1 is 0.833 bits per heavy atom. The lowest BCUT2D eigenvalue weighted by Crippen LogP contribution is -2.41. The Hall–Kier alpha value is -6.88. The van der Waals surface area contributed by atoms with Crippen molar-refractivity contribution in [2.24, 2.45) is 7.05 Å². The second kappa shape index (κ2) is 16.4. The van der Waals surface area contributed by atoms with Crippen molar-refractivity contribution in [3.63, 3.8) is 0 Å². The minimum atomic E-state index is -4.93. The van der Waals surface area contributed by atoms with Gasteiger partial charge in [-0.1, -0.05) is 17.7 Å². The second-order valence-corrected chi connectivity index (χ2v) is 15.7.